The molecule has 0 saturated carbocycles. The zero-order valence-corrected chi connectivity index (χ0v) is 14.8. The summed E-state index contributed by atoms with van der Waals surface area (Å²) in [5, 5.41) is 0. The van der Waals surface area contributed by atoms with Crippen LogP contribution in [0, 0.1) is 13.8 Å². The van der Waals surface area contributed by atoms with E-state index < -0.39 is 0 Å². The van der Waals surface area contributed by atoms with Crippen molar-refractivity contribution in [3.8, 4) is 5.95 Å². The number of rotatable bonds is 11. The normalized spacial score (nSPS) is 10.9. The number of unbranched alkanes of at least 4 members (excludes halogenated alkanes) is 8. The minimum absolute atomic E-state index is 0.0500. The van der Waals surface area contributed by atoms with E-state index in [0.717, 1.165) is 24.2 Å². The summed E-state index contributed by atoms with van der Waals surface area (Å²) >= 11 is 0. The standard InChI is InChI=1S/C19H32O3/c1-5-6-7-8-9-10-11-12-13-14-17-15(2)18(20)16(3)19(21-4)22-17/h5-14H2,1-4H3. The van der Waals surface area contributed by atoms with E-state index in [4.69, 9.17) is 9.15 Å². The molecular formula is C19H32O3. The molecule has 0 aliphatic rings. The third-order valence-electron chi connectivity index (χ3n) is 4.31. The first-order valence-electron chi connectivity index (χ1n) is 8.79. The van der Waals surface area contributed by atoms with Crippen molar-refractivity contribution in [2.24, 2.45) is 0 Å². The van der Waals surface area contributed by atoms with Gasteiger partial charge in [-0.25, -0.2) is 0 Å². The first kappa shape index (κ1) is 18.8. The van der Waals surface area contributed by atoms with Crippen LogP contribution in [0.3, 0.4) is 0 Å². The van der Waals surface area contributed by atoms with Crippen molar-refractivity contribution in [2.45, 2.75) is 85.0 Å². The Morgan fingerprint density at radius 1 is 0.864 bits per heavy atom. The molecule has 0 aromatic carbocycles. The quantitative estimate of drug-likeness (QED) is 0.518. The number of methoxy groups -OCH3 is 1. The lowest BCUT2D eigenvalue weighted by Crippen LogP contribution is -2.13. The van der Waals surface area contributed by atoms with Crippen molar-refractivity contribution < 1.29 is 9.15 Å². The van der Waals surface area contributed by atoms with E-state index in [1.807, 2.05) is 6.92 Å². The van der Waals surface area contributed by atoms with Gasteiger partial charge >= 0.3 is 0 Å². The largest absolute Gasteiger partial charge is 0.468 e. The van der Waals surface area contributed by atoms with Crippen LogP contribution in [0.2, 0.25) is 0 Å². The van der Waals surface area contributed by atoms with Crippen LogP contribution in [-0.4, -0.2) is 7.11 Å². The highest BCUT2D eigenvalue weighted by molar-refractivity contribution is 5.29. The summed E-state index contributed by atoms with van der Waals surface area (Å²) in [5.74, 6) is 1.15. The minimum Gasteiger partial charge on any atom is -0.468 e. The summed E-state index contributed by atoms with van der Waals surface area (Å²) in [5.41, 5.74) is 1.35. The first-order valence-corrected chi connectivity index (χ1v) is 8.79. The molecule has 0 aliphatic heterocycles. The van der Waals surface area contributed by atoms with Crippen LogP contribution < -0.4 is 10.2 Å². The lowest BCUT2D eigenvalue weighted by molar-refractivity contribution is 0.277. The van der Waals surface area contributed by atoms with E-state index in [9.17, 15) is 4.79 Å². The van der Waals surface area contributed by atoms with E-state index in [-0.39, 0.29) is 5.43 Å². The number of aryl methyl sites for hydroxylation is 1. The molecule has 126 valence electrons. The Bertz CT molecular complexity index is 488. The van der Waals surface area contributed by atoms with Gasteiger partial charge < -0.3 is 9.15 Å². The number of hydrogen-bond acceptors (Lipinski definition) is 3. The summed E-state index contributed by atoms with van der Waals surface area (Å²) in [7, 11) is 1.54. The summed E-state index contributed by atoms with van der Waals surface area (Å²) in [4.78, 5) is 12.1. The highest BCUT2D eigenvalue weighted by atomic mass is 16.6. The Labute approximate surface area is 135 Å². The van der Waals surface area contributed by atoms with Gasteiger partial charge in [0.25, 0.3) is 5.95 Å². The molecule has 1 aromatic heterocycles. The minimum atomic E-state index is 0.0500. The molecule has 0 atom stereocenters. The van der Waals surface area contributed by atoms with Crippen LogP contribution in [-0.2, 0) is 6.42 Å². The van der Waals surface area contributed by atoms with Crippen LogP contribution in [0.5, 0.6) is 5.95 Å². The van der Waals surface area contributed by atoms with Gasteiger partial charge in [0.15, 0.2) is 5.43 Å². The average Bonchev–Trinajstić information content (AvgIpc) is 2.53. The molecule has 1 aromatic rings. The van der Waals surface area contributed by atoms with Crippen LogP contribution >= 0.6 is 0 Å². The molecule has 0 fully saturated rings. The molecule has 0 amide bonds. The maximum absolute atomic E-state index is 12.1. The van der Waals surface area contributed by atoms with Gasteiger partial charge in [0, 0.05) is 12.0 Å². The molecule has 0 saturated heterocycles. The molecule has 0 aliphatic carbocycles. The molecule has 0 bridgehead atoms. The fourth-order valence-corrected chi connectivity index (χ4v) is 2.80. The topological polar surface area (TPSA) is 39.4 Å². The Kier molecular flexibility index (Phi) is 8.95. The molecule has 1 heterocycles. The van der Waals surface area contributed by atoms with E-state index >= 15 is 0 Å². The molecule has 22 heavy (non-hydrogen) atoms. The zero-order chi connectivity index (χ0) is 16.4. The van der Waals surface area contributed by atoms with Crippen molar-refractivity contribution in [2.75, 3.05) is 7.11 Å². The first-order chi connectivity index (χ1) is 10.6. The van der Waals surface area contributed by atoms with Gasteiger partial charge in [-0.1, -0.05) is 58.3 Å². The third-order valence-corrected chi connectivity index (χ3v) is 4.31. The smallest absolute Gasteiger partial charge is 0.291 e. The lowest BCUT2D eigenvalue weighted by atomic mass is 10.0. The maximum Gasteiger partial charge on any atom is 0.291 e. The summed E-state index contributed by atoms with van der Waals surface area (Å²) in [6.07, 6.45) is 12.5. The van der Waals surface area contributed by atoms with Crippen LogP contribution in [0.15, 0.2) is 9.21 Å². The molecule has 0 radical (unpaired) electrons. The Hall–Kier alpha value is -1.25. The third kappa shape index (κ3) is 5.86. The predicted octanol–water partition coefficient (Wildman–Crippen LogP) is 5.34. The molecular weight excluding hydrogens is 276 g/mol. The van der Waals surface area contributed by atoms with Gasteiger partial charge in [0.05, 0.1) is 12.7 Å². The van der Waals surface area contributed by atoms with Crippen LogP contribution in [0.1, 0.15) is 81.6 Å². The molecule has 0 unspecified atom stereocenters. The van der Waals surface area contributed by atoms with Gasteiger partial charge in [0.2, 0.25) is 0 Å². The monoisotopic (exact) mass is 308 g/mol. The highest BCUT2D eigenvalue weighted by Crippen LogP contribution is 2.20. The average molecular weight is 308 g/mol. The van der Waals surface area contributed by atoms with Crippen molar-refractivity contribution in [1.82, 2.24) is 0 Å². The van der Waals surface area contributed by atoms with Crippen molar-refractivity contribution in [3.05, 3.63) is 27.1 Å². The summed E-state index contributed by atoms with van der Waals surface area (Å²) in [6.45, 7) is 5.85. The van der Waals surface area contributed by atoms with Crippen molar-refractivity contribution in [1.29, 1.82) is 0 Å². The molecule has 1 rings (SSSR count). The Balaban J connectivity index is 2.31. The van der Waals surface area contributed by atoms with Gasteiger partial charge in [-0.2, -0.15) is 0 Å². The second-order valence-corrected chi connectivity index (χ2v) is 6.17. The molecule has 0 spiro atoms. The van der Waals surface area contributed by atoms with Crippen molar-refractivity contribution >= 4 is 0 Å². The second kappa shape index (κ2) is 10.5. The SMILES string of the molecule is CCCCCCCCCCCc1oc(OC)c(C)c(=O)c1C. The fourth-order valence-electron chi connectivity index (χ4n) is 2.80. The van der Waals surface area contributed by atoms with E-state index in [0.29, 0.717) is 11.5 Å². The molecule has 3 nitrogen and oxygen atoms in total. The highest BCUT2D eigenvalue weighted by Gasteiger charge is 2.13. The zero-order valence-electron chi connectivity index (χ0n) is 14.8. The summed E-state index contributed by atoms with van der Waals surface area (Å²) in [6, 6.07) is 0. The van der Waals surface area contributed by atoms with Gasteiger partial charge in [-0.3, -0.25) is 4.79 Å². The van der Waals surface area contributed by atoms with Crippen LogP contribution in [0.25, 0.3) is 0 Å². The summed E-state index contributed by atoms with van der Waals surface area (Å²) < 4.78 is 10.9. The van der Waals surface area contributed by atoms with Crippen LogP contribution in [0.4, 0.5) is 0 Å². The number of hydrogen-bond donors (Lipinski definition) is 0. The van der Waals surface area contributed by atoms with Crippen molar-refractivity contribution in [3.63, 3.8) is 0 Å². The predicted molar refractivity (Wildman–Crippen MR) is 91.9 cm³/mol. The van der Waals surface area contributed by atoms with E-state index in [2.05, 4.69) is 6.92 Å². The molecule has 3 heteroatoms. The maximum atomic E-state index is 12.1. The Morgan fingerprint density at radius 3 is 1.95 bits per heavy atom. The second-order valence-electron chi connectivity index (χ2n) is 6.17. The van der Waals surface area contributed by atoms with Gasteiger partial charge in [-0.05, 0) is 20.3 Å². The lowest BCUT2D eigenvalue weighted by Gasteiger charge is -2.09. The van der Waals surface area contributed by atoms with E-state index in [1.165, 1.54) is 51.4 Å². The van der Waals surface area contributed by atoms with Gasteiger partial charge in [-0.15, -0.1) is 0 Å². The van der Waals surface area contributed by atoms with E-state index in [1.54, 1.807) is 14.0 Å². The Morgan fingerprint density at radius 2 is 1.41 bits per heavy atom. The number of ether oxygens (including phenoxy) is 1. The fraction of sp³-hybridized carbons (Fsp3) is 0.737. The van der Waals surface area contributed by atoms with Gasteiger partial charge in [0.1, 0.15) is 5.76 Å². The molecule has 0 N–H and O–H groups in total.